The lowest BCUT2D eigenvalue weighted by atomic mass is 10.1. The molecule has 9 N–H and O–H groups in total. The quantitative estimate of drug-likeness (QED) is 0.191. The fourth-order valence-electron chi connectivity index (χ4n) is 2.21. The van der Waals surface area contributed by atoms with Gasteiger partial charge in [0.25, 0.3) is 0 Å². The highest BCUT2D eigenvalue weighted by atomic mass is 16.4. The first-order valence-electron chi connectivity index (χ1n) is 8.16. The maximum absolute atomic E-state index is 12.3. The number of nitrogens with zero attached hydrogens (tertiary/aromatic N) is 1. The molecule has 0 aliphatic rings. The van der Waals surface area contributed by atoms with Crippen LogP contribution in [0.5, 0.6) is 0 Å². The van der Waals surface area contributed by atoms with Crippen LogP contribution in [-0.2, 0) is 30.4 Å². The Labute approximate surface area is 158 Å². The minimum atomic E-state index is -1.62. The van der Waals surface area contributed by atoms with Crippen molar-refractivity contribution in [3.8, 4) is 0 Å². The highest BCUT2D eigenvalue weighted by Gasteiger charge is 2.29. The third kappa shape index (κ3) is 7.82. The molecule has 1 rings (SSSR count). The molecule has 154 valence electrons. The lowest BCUT2D eigenvalue weighted by Gasteiger charge is -2.22. The zero-order valence-corrected chi connectivity index (χ0v) is 14.8. The van der Waals surface area contributed by atoms with E-state index >= 15 is 0 Å². The smallest absolute Gasteiger partial charge is 0.326 e. The van der Waals surface area contributed by atoms with Gasteiger partial charge in [0.15, 0.2) is 0 Å². The summed E-state index contributed by atoms with van der Waals surface area (Å²) < 4.78 is 0. The predicted molar refractivity (Wildman–Crippen MR) is 92.4 cm³/mol. The molecular weight excluding hydrogens is 376 g/mol. The molecule has 13 heteroatoms. The predicted octanol–water partition coefficient (Wildman–Crippen LogP) is -2.93. The largest absolute Gasteiger partial charge is 0.481 e. The second kappa shape index (κ2) is 10.6. The first kappa shape index (κ1) is 22.6. The number of H-pyrrole nitrogens is 1. The van der Waals surface area contributed by atoms with Crippen LogP contribution >= 0.6 is 0 Å². The number of carboxylic acid groups (broad SMARTS) is 2. The summed E-state index contributed by atoms with van der Waals surface area (Å²) in [5, 5.41) is 22.2. The Balaban J connectivity index is 2.80. The molecule has 1 heterocycles. The molecule has 0 spiro atoms. The number of carboxylic acids is 2. The van der Waals surface area contributed by atoms with Crippen LogP contribution in [0.15, 0.2) is 12.5 Å². The van der Waals surface area contributed by atoms with E-state index in [4.69, 9.17) is 21.7 Å². The van der Waals surface area contributed by atoms with Gasteiger partial charge in [0, 0.05) is 24.7 Å². The second-order valence-corrected chi connectivity index (χ2v) is 5.95. The summed E-state index contributed by atoms with van der Waals surface area (Å²) in [5.41, 5.74) is 11.3. The number of rotatable bonds is 12. The number of primary amides is 1. The van der Waals surface area contributed by atoms with E-state index in [2.05, 4.69) is 20.6 Å². The van der Waals surface area contributed by atoms with Gasteiger partial charge < -0.3 is 37.3 Å². The number of hydrogen-bond donors (Lipinski definition) is 7. The highest BCUT2D eigenvalue weighted by Crippen LogP contribution is 2.03. The maximum Gasteiger partial charge on any atom is 0.326 e. The molecular formula is C15H22N6O7. The van der Waals surface area contributed by atoms with E-state index in [-0.39, 0.29) is 12.8 Å². The number of nitrogens with one attached hydrogen (secondary N) is 3. The van der Waals surface area contributed by atoms with Crippen LogP contribution in [-0.4, -0.2) is 68.0 Å². The standard InChI is InChI=1S/C15H22N6O7/c16-8(3-7-5-18-6-19-7)13(25)20-9(1-2-12(23)24)14(26)21-10(15(27)28)4-11(17)22/h5-6,8-10H,1-4,16H2,(H2,17,22)(H,18,19)(H,20,25)(H,21,26)(H,23,24)(H,27,28)/t8-,9-,10-/m0/s1. The molecule has 0 aliphatic heterocycles. The Morgan fingerprint density at radius 1 is 1.11 bits per heavy atom. The highest BCUT2D eigenvalue weighted by molar-refractivity contribution is 5.93. The van der Waals surface area contributed by atoms with Crippen LogP contribution in [0.25, 0.3) is 0 Å². The molecule has 0 radical (unpaired) electrons. The fourth-order valence-corrected chi connectivity index (χ4v) is 2.21. The number of hydrogen-bond acceptors (Lipinski definition) is 7. The number of imidazole rings is 1. The average molecular weight is 398 g/mol. The van der Waals surface area contributed by atoms with Crippen molar-refractivity contribution in [2.45, 2.75) is 43.8 Å². The zero-order chi connectivity index (χ0) is 21.3. The molecule has 0 aliphatic carbocycles. The number of aromatic nitrogens is 2. The van der Waals surface area contributed by atoms with Gasteiger partial charge in [-0.2, -0.15) is 0 Å². The Morgan fingerprint density at radius 2 is 1.75 bits per heavy atom. The van der Waals surface area contributed by atoms with Gasteiger partial charge in [0.1, 0.15) is 12.1 Å². The van der Waals surface area contributed by atoms with Gasteiger partial charge in [0.05, 0.1) is 18.8 Å². The Hall–Kier alpha value is -3.48. The van der Waals surface area contributed by atoms with Crippen LogP contribution in [0, 0.1) is 0 Å². The zero-order valence-electron chi connectivity index (χ0n) is 14.8. The molecule has 28 heavy (non-hydrogen) atoms. The van der Waals surface area contributed by atoms with E-state index < -0.39 is 60.6 Å². The van der Waals surface area contributed by atoms with Crippen LogP contribution in [0.2, 0.25) is 0 Å². The molecule has 0 bridgehead atoms. The lowest BCUT2D eigenvalue weighted by molar-refractivity contribution is -0.144. The number of carbonyl (C=O) groups is 5. The van der Waals surface area contributed by atoms with Crippen molar-refractivity contribution in [2.75, 3.05) is 0 Å². The van der Waals surface area contributed by atoms with Gasteiger partial charge in [-0.3, -0.25) is 19.2 Å². The average Bonchev–Trinajstić information content (AvgIpc) is 3.09. The molecule has 3 atom stereocenters. The van der Waals surface area contributed by atoms with Crippen molar-refractivity contribution < 1.29 is 34.2 Å². The summed E-state index contributed by atoms with van der Waals surface area (Å²) in [6.07, 6.45) is 1.49. The minimum Gasteiger partial charge on any atom is -0.481 e. The first-order chi connectivity index (χ1) is 13.1. The van der Waals surface area contributed by atoms with Gasteiger partial charge in [-0.25, -0.2) is 9.78 Å². The summed E-state index contributed by atoms with van der Waals surface area (Å²) in [7, 11) is 0. The molecule has 1 aromatic rings. The van der Waals surface area contributed by atoms with Crippen molar-refractivity contribution in [1.82, 2.24) is 20.6 Å². The van der Waals surface area contributed by atoms with Crippen molar-refractivity contribution >= 4 is 29.7 Å². The van der Waals surface area contributed by atoms with Crippen molar-refractivity contribution in [3.63, 3.8) is 0 Å². The summed E-state index contributed by atoms with van der Waals surface area (Å²) >= 11 is 0. The van der Waals surface area contributed by atoms with Crippen LogP contribution in [0.3, 0.4) is 0 Å². The summed E-state index contributed by atoms with van der Waals surface area (Å²) in [5.74, 6) is -5.41. The van der Waals surface area contributed by atoms with Gasteiger partial charge >= 0.3 is 11.9 Å². The van der Waals surface area contributed by atoms with Crippen LogP contribution in [0.1, 0.15) is 25.0 Å². The van der Waals surface area contributed by atoms with Gasteiger partial charge in [-0.15, -0.1) is 0 Å². The number of nitrogens with two attached hydrogens (primary N) is 2. The Kier molecular flexibility index (Phi) is 8.55. The van der Waals surface area contributed by atoms with Gasteiger partial charge in [-0.05, 0) is 6.42 Å². The number of carbonyl (C=O) groups excluding carboxylic acids is 3. The van der Waals surface area contributed by atoms with E-state index in [9.17, 15) is 24.0 Å². The molecule has 0 unspecified atom stereocenters. The van der Waals surface area contributed by atoms with E-state index in [0.717, 1.165) is 0 Å². The molecule has 3 amide bonds. The monoisotopic (exact) mass is 398 g/mol. The molecule has 0 fully saturated rings. The minimum absolute atomic E-state index is 0.0819. The van der Waals surface area contributed by atoms with Crippen molar-refractivity contribution in [3.05, 3.63) is 18.2 Å². The van der Waals surface area contributed by atoms with Crippen LogP contribution < -0.4 is 22.1 Å². The van der Waals surface area contributed by atoms with Crippen molar-refractivity contribution in [1.29, 1.82) is 0 Å². The molecule has 0 saturated carbocycles. The van der Waals surface area contributed by atoms with E-state index in [1.165, 1.54) is 12.5 Å². The van der Waals surface area contributed by atoms with Crippen LogP contribution in [0.4, 0.5) is 0 Å². The number of amides is 3. The lowest BCUT2D eigenvalue weighted by Crippen LogP contribution is -2.55. The Morgan fingerprint density at radius 3 is 2.25 bits per heavy atom. The summed E-state index contributed by atoms with van der Waals surface area (Å²) in [4.78, 5) is 64.0. The van der Waals surface area contributed by atoms with E-state index in [1.54, 1.807) is 0 Å². The molecule has 0 saturated heterocycles. The second-order valence-electron chi connectivity index (χ2n) is 5.95. The molecule has 13 nitrogen and oxygen atoms in total. The first-order valence-corrected chi connectivity index (χ1v) is 8.16. The third-order valence-electron chi connectivity index (χ3n) is 3.63. The number of aliphatic carboxylic acids is 2. The van der Waals surface area contributed by atoms with E-state index in [0.29, 0.717) is 5.69 Å². The maximum atomic E-state index is 12.3. The van der Waals surface area contributed by atoms with Gasteiger partial charge in [-0.1, -0.05) is 0 Å². The van der Waals surface area contributed by atoms with Gasteiger partial charge in [0.2, 0.25) is 17.7 Å². The normalized spacial score (nSPS) is 13.8. The van der Waals surface area contributed by atoms with Crippen molar-refractivity contribution in [2.24, 2.45) is 11.5 Å². The van der Waals surface area contributed by atoms with E-state index in [1.807, 2.05) is 0 Å². The molecule has 0 aromatic carbocycles. The molecule has 1 aromatic heterocycles. The third-order valence-corrected chi connectivity index (χ3v) is 3.63. The summed E-state index contributed by atoms with van der Waals surface area (Å²) in [6, 6.07) is -4.06. The SMILES string of the molecule is NC(=O)C[C@H](NC(=O)[C@H](CCC(=O)O)NC(=O)[C@@H](N)Cc1cnc[nH]1)C(=O)O. The fraction of sp³-hybridized carbons (Fsp3) is 0.467. The number of aromatic amines is 1. The Bertz CT molecular complexity index is 720. The topological polar surface area (TPSA) is 231 Å². The summed E-state index contributed by atoms with van der Waals surface area (Å²) in [6.45, 7) is 0.